The van der Waals surface area contributed by atoms with Crippen LogP contribution in [0.4, 0.5) is 16.2 Å². The van der Waals surface area contributed by atoms with Crippen molar-refractivity contribution in [1.82, 2.24) is 4.90 Å². The zero-order valence-electron chi connectivity index (χ0n) is 13.6. The molecule has 1 aliphatic carbocycles. The lowest BCUT2D eigenvalue weighted by molar-refractivity contribution is -0.384. The summed E-state index contributed by atoms with van der Waals surface area (Å²) in [6.45, 7) is 4.15. The Morgan fingerprint density at radius 1 is 1.04 bits per heavy atom. The van der Waals surface area contributed by atoms with Crippen LogP contribution in [0.2, 0.25) is 0 Å². The van der Waals surface area contributed by atoms with Crippen molar-refractivity contribution >= 4 is 17.4 Å². The number of anilines is 1. The fraction of sp³-hybridized carbons (Fsp3) is 0.588. The molecule has 1 aliphatic heterocycles. The number of urea groups is 1. The molecule has 6 nitrogen and oxygen atoms in total. The Balaban J connectivity index is 1.84. The van der Waals surface area contributed by atoms with Crippen LogP contribution in [-0.4, -0.2) is 34.0 Å². The smallest absolute Gasteiger partial charge is 0.317 e. The third-order valence-electron chi connectivity index (χ3n) is 5.28. The molecule has 124 valence electrons. The van der Waals surface area contributed by atoms with Crippen molar-refractivity contribution < 1.29 is 9.72 Å². The van der Waals surface area contributed by atoms with Crippen molar-refractivity contribution in [2.24, 2.45) is 0 Å². The maximum atomic E-state index is 13.0. The summed E-state index contributed by atoms with van der Waals surface area (Å²) in [7, 11) is 0. The molecule has 1 aromatic rings. The summed E-state index contributed by atoms with van der Waals surface area (Å²) in [5, 5.41) is 10.8. The van der Waals surface area contributed by atoms with E-state index >= 15 is 0 Å². The molecule has 3 rings (SSSR count). The minimum absolute atomic E-state index is 0.0331. The molecule has 1 saturated heterocycles. The van der Waals surface area contributed by atoms with Gasteiger partial charge < -0.3 is 4.90 Å². The van der Waals surface area contributed by atoms with E-state index in [0.717, 1.165) is 18.5 Å². The highest BCUT2D eigenvalue weighted by Gasteiger charge is 2.44. The van der Waals surface area contributed by atoms with Crippen LogP contribution in [0.15, 0.2) is 24.3 Å². The fourth-order valence-corrected chi connectivity index (χ4v) is 3.85. The zero-order chi connectivity index (χ0) is 16.6. The number of benzene rings is 1. The van der Waals surface area contributed by atoms with Crippen molar-refractivity contribution in [3.63, 3.8) is 0 Å². The predicted octanol–water partition coefficient (Wildman–Crippen LogP) is 3.95. The van der Waals surface area contributed by atoms with Gasteiger partial charge in [0.15, 0.2) is 0 Å². The highest BCUT2D eigenvalue weighted by molar-refractivity contribution is 5.95. The number of carbonyl (C=O) groups is 1. The van der Waals surface area contributed by atoms with Crippen LogP contribution in [0.25, 0.3) is 0 Å². The standard InChI is InChI=1S/C17H23N3O3/c1-12-13(2)19(15-8-10-16(11-9-15)20(22)23)17(21)18(12)14-6-4-3-5-7-14/h8-14H,3-7H2,1-2H3/t12-,13-/m1/s1. The van der Waals surface area contributed by atoms with E-state index in [1.54, 1.807) is 17.0 Å². The highest BCUT2D eigenvalue weighted by Crippen LogP contribution is 2.35. The van der Waals surface area contributed by atoms with Crippen LogP contribution < -0.4 is 4.90 Å². The molecule has 0 unspecified atom stereocenters. The van der Waals surface area contributed by atoms with Crippen LogP contribution in [0.1, 0.15) is 46.0 Å². The monoisotopic (exact) mass is 317 g/mol. The van der Waals surface area contributed by atoms with Gasteiger partial charge in [0, 0.05) is 23.9 Å². The van der Waals surface area contributed by atoms with Crippen LogP contribution in [0.5, 0.6) is 0 Å². The van der Waals surface area contributed by atoms with Crippen LogP contribution >= 0.6 is 0 Å². The van der Waals surface area contributed by atoms with Crippen molar-refractivity contribution in [2.75, 3.05) is 4.90 Å². The molecular weight excluding hydrogens is 294 g/mol. The van der Waals surface area contributed by atoms with Gasteiger partial charge in [0.1, 0.15) is 0 Å². The summed E-state index contributed by atoms with van der Waals surface area (Å²) >= 11 is 0. The average Bonchev–Trinajstić information content (AvgIpc) is 2.78. The molecule has 23 heavy (non-hydrogen) atoms. The van der Waals surface area contributed by atoms with E-state index in [4.69, 9.17) is 0 Å². The number of non-ortho nitro benzene ring substituents is 1. The van der Waals surface area contributed by atoms with Gasteiger partial charge in [-0.3, -0.25) is 15.0 Å². The number of nitrogens with zero attached hydrogens (tertiary/aromatic N) is 3. The summed E-state index contributed by atoms with van der Waals surface area (Å²) in [5.41, 5.74) is 0.781. The quantitative estimate of drug-likeness (QED) is 0.626. The number of carbonyl (C=O) groups excluding carboxylic acids is 1. The maximum Gasteiger partial charge on any atom is 0.325 e. The van der Waals surface area contributed by atoms with E-state index in [1.165, 1.54) is 31.4 Å². The zero-order valence-corrected chi connectivity index (χ0v) is 13.6. The van der Waals surface area contributed by atoms with Gasteiger partial charge in [0.05, 0.1) is 17.0 Å². The third kappa shape index (κ3) is 2.78. The lowest BCUT2D eigenvalue weighted by Gasteiger charge is -2.33. The van der Waals surface area contributed by atoms with Gasteiger partial charge in [-0.2, -0.15) is 0 Å². The van der Waals surface area contributed by atoms with Gasteiger partial charge in [0.2, 0.25) is 0 Å². The number of rotatable bonds is 3. The Morgan fingerprint density at radius 2 is 1.65 bits per heavy atom. The lowest BCUT2D eigenvalue weighted by Crippen LogP contribution is -2.43. The minimum Gasteiger partial charge on any atom is -0.317 e. The van der Waals surface area contributed by atoms with Crippen LogP contribution in [0.3, 0.4) is 0 Å². The fourth-order valence-electron chi connectivity index (χ4n) is 3.85. The average molecular weight is 317 g/mol. The minimum atomic E-state index is -0.421. The van der Waals surface area contributed by atoms with Gasteiger partial charge in [-0.05, 0) is 38.8 Å². The molecule has 0 spiro atoms. The number of nitro groups is 1. The first-order valence-electron chi connectivity index (χ1n) is 8.36. The number of hydrogen-bond donors (Lipinski definition) is 0. The van der Waals surface area contributed by atoms with E-state index in [1.807, 2.05) is 11.8 Å². The normalized spacial score (nSPS) is 25.9. The Labute approximate surface area is 136 Å². The van der Waals surface area contributed by atoms with Gasteiger partial charge in [-0.25, -0.2) is 4.79 Å². The van der Waals surface area contributed by atoms with Gasteiger partial charge in [-0.15, -0.1) is 0 Å². The van der Waals surface area contributed by atoms with Crippen LogP contribution in [0, 0.1) is 10.1 Å². The molecule has 0 bridgehead atoms. The van der Waals surface area contributed by atoms with E-state index in [2.05, 4.69) is 6.92 Å². The SMILES string of the molecule is C[C@@H]1[C@@H](C)N(C2CCCCC2)C(=O)N1c1ccc([N+](=O)[O-])cc1. The van der Waals surface area contributed by atoms with E-state index in [0.29, 0.717) is 6.04 Å². The van der Waals surface area contributed by atoms with Gasteiger partial charge in [-0.1, -0.05) is 19.3 Å². The third-order valence-corrected chi connectivity index (χ3v) is 5.28. The molecule has 0 aromatic heterocycles. The van der Waals surface area contributed by atoms with Crippen molar-refractivity contribution in [3.8, 4) is 0 Å². The van der Waals surface area contributed by atoms with E-state index in [-0.39, 0.29) is 23.8 Å². The second-order valence-electron chi connectivity index (χ2n) is 6.61. The Morgan fingerprint density at radius 3 is 2.22 bits per heavy atom. The molecule has 2 atom stereocenters. The molecule has 1 heterocycles. The molecular formula is C17H23N3O3. The molecule has 0 radical (unpaired) electrons. The molecule has 2 aliphatic rings. The Kier molecular flexibility index (Phi) is 4.24. The number of nitro benzene ring substituents is 1. The summed E-state index contributed by atoms with van der Waals surface area (Å²) in [4.78, 5) is 27.1. The molecule has 1 aromatic carbocycles. The molecule has 2 fully saturated rings. The maximum absolute atomic E-state index is 13.0. The summed E-state index contributed by atoms with van der Waals surface area (Å²) < 4.78 is 0. The van der Waals surface area contributed by atoms with Crippen LogP contribution in [-0.2, 0) is 0 Å². The summed E-state index contributed by atoms with van der Waals surface area (Å²) in [5.74, 6) is 0. The topological polar surface area (TPSA) is 66.7 Å². The first-order valence-corrected chi connectivity index (χ1v) is 8.36. The molecule has 6 heteroatoms. The van der Waals surface area contributed by atoms with E-state index < -0.39 is 4.92 Å². The highest BCUT2D eigenvalue weighted by atomic mass is 16.6. The first-order chi connectivity index (χ1) is 11.0. The lowest BCUT2D eigenvalue weighted by atomic mass is 9.93. The van der Waals surface area contributed by atoms with Crippen molar-refractivity contribution in [2.45, 2.75) is 64.1 Å². The number of amides is 2. The second-order valence-corrected chi connectivity index (χ2v) is 6.61. The van der Waals surface area contributed by atoms with Crippen molar-refractivity contribution in [1.29, 1.82) is 0 Å². The predicted molar refractivity (Wildman–Crippen MR) is 88.6 cm³/mol. The number of hydrogen-bond acceptors (Lipinski definition) is 3. The Bertz CT molecular complexity index is 596. The largest absolute Gasteiger partial charge is 0.325 e. The molecule has 2 amide bonds. The van der Waals surface area contributed by atoms with Gasteiger partial charge >= 0.3 is 6.03 Å². The first kappa shape index (κ1) is 15.8. The molecule has 0 N–H and O–H groups in total. The van der Waals surface area contributed by atoms with E-state index in [9.17, 15) is 14.9 Å². The second kappa shape index (κ2) is 6.18. The Hall–Kier alpha value is -2.11. The summed E-state index contributed by atoms with van der Waals surface area (Å²) in [6.07, 6.45) is 5.79. The molecule has 1 saturated carbocycles. The van der Waals surface area contributed by atoms with Crippen molar-refractivity contribution in [3.05, 3.63) is 34.4 Å². The van der Waals surface area contributed by atoms with Gasteiger partial charge in [0.25, 0.3) is 5.69 Å². The summed E-state index contributed by atoms with van der Waals surface area (Å²) in [6, 6.07) is 6.84.